The minimum atomic E-state index is -3.56. The Kier molecular flexibility index (Phi) is 2.92. The molecule has 3 nitrogen and oxygen atoms in total. The second kappa shape index (κ2) is 4.24. The lowest BCUT2D eigenvalue weighted by Crippen LogP contribution is -2.25. The normalized spacial score (nSPS) is 15.7. The van der Waals surface area contributed by atoms with Crippen LogP contribution in [0.1, 0.15) is 13.3 Å². The Balaban J connectivity index is 2.06. The van der Waals surface area contributed by atoms with Gasteiger partial charge in [0.15, 0.2) is 11.5 Å². The molecule has 1 heterocycles. The first-order chi connectivity index (χ1) is 8.00. The van der Waals surface area contributed by atoms with Gasteiger partial charge in [0.1, 0.15) is 0 Å². The molecule has 1 aliphatic rings. The number of nitrogens with one attached hydrogen (secondary N) is 1. The van der Waals surface area contributed by atoms with Crippen LogP contribution in [0.25, 0.3) is 0 Å². The van der Waals surface area contributed by atoms with Gasteiger partial charge >= 0.3 is 6.29 Å². The van der Waals surface area contributed by atoms with Crippen LogP contribution in [-0.4, -0.2) is 12.8 Å². The van der Waals surface area contributed by atoms with Gasteiger partial charge in [-0.05, 0) is 18.6 Å². The van der Waals surface area contributed by atoms with E-state index in [9.17, 15) is 8.78 Å². The Hall–Kier alpha value is -1.78. The van der Waals surface area contributed by atoms with Crippen molar-refractivity contribution < 1.29 is 18.3 Å². The number of hydrogen-bond acceptors (Lipinski definition) is 3. The van der Waals surface area contributed by atoms with Crippen LogP contribution in [0.15, 0.2) is 30.4 Å². The molecule has 92 valence electrons. The highest BCUT2D eigenvalue weighted by molar-refractivity contribution is 5.56. The van der Waals surface area contributed by atoms with Gasteiger partial charge < -0.3 is 14.8 Å². The van der Waals surface area contributed by atoms with Crippen LogP contribution in [0.4, 0.5) is 14.5 Å². The molecule has 1 N–H and O–H groups in total. The molecular weight excluding hydrogens is 228 g/mol. The SMILES string of the molecule is C=C(CC)CNc1ccc2c(c1)OC(F)(F)O2. The molecular formula is C12H13F2NO2. The van der Waals surface area contributed by atoms with Crippen LogP contribution in [-0.2, 0) is 0 Å². The van der Waals surface area contributed by atoms with Crippen molar-refractivity contribution in [3.63, 3.8) is 0 Å². The number of alkyl halides is 2. The zero-order chi connectivity index (χ0) is 12.5. The van der Waals surface area contributed by atoms with E-state index >= 15 is 0 Å². The predicted octanol–water partition coefficient (Wildman–Crippen LogP) is 3.39. The molecule has 0 aliphatic carbocycles. The quantitative estimate of drug-likeness (QED) is 0.819. The highest BCUT2D eigenvalue weighted by atomic mass is 19.3. The average molecular weight is 241 g/mol. The van der Waals surface area contributed by atoms with Gasteiger partial charge in [-0.2, -0.15) is 0 Å². The zero-order valence-electron chi connectivity index (χ0n) is 9.43. The second-order valence-electron chi connectivity index (χ2n) is 3.79. The molecule has 17 heavy (non-hydrogen) atoms. The molecule has 0 amide bonds. The van der Waals surface area contributed by atoms with Crippen LogP contribution < -0.4 is 14.8 Å². The highest BCUT2D eigenvalue weighted by Gasteiger charge is 2.43. The predicted molar refractivity (Wildman–Crippen MR) is 60.6 cm³/mol. The molecule has 0 spiro atoms. The molecule has 1 aromatic carbocycles. The summed E-state index contributed by atoms with van der Waals surface area (Å²) < 4.78 is 34.2. The van der Waals surface area contributed by atoms with Crippen molar-refractivity contribution in [2.75, 3.05) is 11.9 Å². The van der Waals surface area contributed by atoms with Crippen molar-refractivity contribution in [1.29, 1.82) is 0 Å². The maximum absolute atomic E-state index is 12.8. The largest absolute Gasteiger partial charge is 0.586 e. The molecule has 1 aromatic rings. The van der Waals surface area contributed by atoms with Crippen molar-refractivity contribution >= 4 is 5.69 Å². The molecule has 0 saturated heterocycles. The summed E-state index contributed by atoms with van der Waals surface area (Å²) in [6.07, 6.45) is -2.69. The standard InChI is InChI=1S/C12H13F2NO2/c1-3-8(2)7-15-9-4-5-10-11(6-9)17-12(13,14)16-10/h4-6,15H,2-3,7H2,1H3. The van der Waals surface area contributed by atoms with Gasteiger partial charge in [0.2, 0.25) is 0 Å². The van der Waals surface area contributed by atoms with E-state index < -0.39 is 6.29 Å². The van der Waals surface area contributed by atoms with Gasteiger partial charge in [0.25, 0.3) is 0 Å². The average Bonchev–Trinajstić information content (AvgIpc) is 2.58. The molecule has 5 heteroatoms. The molecule has 0 radical (unpaired) electrons. The first-order valence-electron chi connectivity index (χ1n) is 5.30. The third-order valence-corrected chi connectivity index (χ3v) is 2.44. The van der Waals surface area contributed by atoms with Gasteiger partial charge in [-0.15, -0.1) is 8.78 Å². The van der Waals surface area contributed by atoms with Gasteiger partial charge in [-0.1, -0.05) is 19.1 Å². The summed E-state index contributed by atoms with van der Waals surface area (Å²) in [6, 6.07) is 4.60. The van der Waals surface area contributed by atoms with Crippen molar-refractivity contribution in [1.82, 2.24) is 0 Å². The number of fused-ring (bicyclic) bond motifs is 1. The van der Waals surface area contributed by atoms with E-state index in [1.165, 1.54) is 12.1 Å². The fourth-order valence-electron chi connectivity index (χ4n) is 1.41. The van der Waals surface area contributed by atoms with E-state index in [2.05, 4.69) is 21.4 Å². The molecule has 1 aliphatic heterocycles. The lowest BCUT2D eigenvalue weighted by molar-refractivity contribution is -0.286. The Morgan fingerprint density at radius 2 is 2.06 bits per heavy atom. The molecule has 0 atom stereocenters. The summed E-state index contributed by atoms with van der Waals surface area (Å²) in [5.41, 5.74) is 1.73. The van der Waals surface area contributed by atoms with Gasteiger partial charge in [-0.3, -0.25) is 0 Å². The van der Waals surface area contributed by atoms with E-state index in [4.69, 9.17) is 0 Å². The minimum Gasteiger partial charge on any atom is -0.395 e. The van der Waals surface area contributed by atoms with Crippen molar-refractivity contribution in [2.45, 2.75) is 19.6 Å². The summed E-state index contributed by atoms with van der Waals surface area (Å²) >= 11 is 0. The molecule has 0 fully saturated rings. The van der Waals surface area contributed by atoms with Gasteiger partial charge in [-0.25, -0.2) is 0 Å². The third-order valence-electron chi connectivity index (χ3n) is 2.44. The maximum atomic E-state index is 12.8. The van der Waals surface area contributed by atoms with Crippen LogP contribution in [0.2, 0.25) is 0 Å². The van der Waals surface area contributed by atoms with Crippen LogP contribution in [0, 0.1) is 0 Å². The van der Waals surface area contributed by atoms with Crippen LogP contribution in [0.3, 0.4) is 0 Å². The summed E-state index contributed by atoms with van der Waals surface area (Å²) in [4.78, 5) is 0. The fourth-order valence-corrected chi connectivity index (χ4v) is 1.41. The topological polar surface area (TPSA) is 30.5 Å². The Bertz CT molecular complexity index is 446. The van der Waals surface area contributed by atoms with Gasteiger partial charge in [0.05, 0.1) is 0 Å². The van der Waals surface area contributed by atoms with Gasteiger partial charge in [0, 0.05) is 18.3 Å². The Morgan fingerprint density at radius 1 is 1.35 bits per heavy atom. The van der Waals surface area contributed by atoms with Crippen molar-refractivity contribution in [3.05, 3.63) is 30.4 Å². The number of benzene rings is 1. The monoisotopic (exact) mass is 241 g/mol. The number of halogens is 2. The zero-order valence-corrected chi connectivity index (χ0v) is 9.43. The number of ether oxygens (including phenoxy) is 2. The molecule has 0 unspecified atom stereocenters. The minimum absolute atomic E-state index is 0.0436. The summed E-state index contributed by atoms with van der Waals surface area (Å²) in [6.45, 7) is 6.45. The fraction of sp³-hybridized carbons (Fsp3) is 0.333. The summed E-state index contributed by atoms with van der Waals surface area (Å²) in [5, 5.41) is 3.07. The number of anilines is 1. The van der Waals surface area contributed by atoms with E-state index in [0.29, 0.717) is 12.2 Å². The number of rotatable bonds is 4. The molecule has 0 aromatic heterocycles. The lowest BCUT2D eigenvalue weighted by Gasteiger charge is -2.07. The molecule has 0 bridgehead atoms. The second-order valence-corrected chi connectivity index (χ2v) is 3.79. The van der Waals surface area contributed by atoms with E-state index in [1.54, 1.807) is 6.07 Å². The molecule has 2 rings (SSSR count). The highest BCUT2D eigenvalue weighted by Crippen LogP contribution is 2.42. The smallest absolute Gasteiger partial charge is 0.395 e. The molecule has 0 saturated carbocycles. The van der Waals surface area contributed by atoms with Crippen molar-refractivity contribution in [2.24, 2.45) is 0 Å². The van der Waals surface area contributed by atoms with E-state index in [0.717, 1.165) is 12.0 Å². The first-order valence-corrected chi connectivity index (χ1v) is 5.30. The Morgan fingerprint density at radius 3 is 2.76 bits per heavy atom. The first kappa shape index (κ1) is 11.7. The number of hydrogen-bond donors (Lipinski definition) is 1. The lowest BCUT2D eigenvalue weighted by atomic mass is 10.2. The summed E-state index contributed by atoms with van der Waals surface area (Å²) in [7, 11) is 0. The maximum Gasteiger partial charge on any atom is 0.586 e. The van der Waals surface area contributed by atoms with Crippen LogP contribution in [0.5, 0.6) is 11.5 Å². The van der Waals surface area contributed by atoms with E-state index in [-0.39, 0.29) is 11.5 Å². The van der Waals surface area contributed by atoms with Crippen molar-refractivity contribution in [3.8, 4) is 11.5 Å². The van der Waals surface area contributed by atoms with Crippen LogP contribution >= 0.6 is 0 Å². The summed E-state index contributed by atoms with van der Waals surface area (Å²) in [5.74, 6) is 0.0944. The van der Waals surface area contributed by atoms with E-state index in [1.807, 2.05) is 6.92 Å². The Labute approximate surface area is 98.0 Å². The third kappa shape index (κ3) is 2.67.